The fraction of sp³-hybridized carbons (Fsp3) is 0.600. The van der Waals surface area contributed by atoms with E-state index < -0.39 is 27.8 Å². The molecule has 1 aromatic rings. The molecule has 2 aliphatic rings. The zero-order chi connectivity index (χ0) is 17.6. The van der Waals surface area contributed by atoms with Gasteiger partial charge in [0.2, 0.25) is 10.0 Å². The van der Waals surface area contributed by atoms with Gasteiger partial charge in [0, 0.05) is 19.5 Å². The normalized spacial score (nSPS) is 24.1. The Labute approximate surface area is 138 Å². The minimum atomic E-state index is -4.51. The quantitative estimate of drug-likeness (QED) is 0.824. The third kappa shape index (κ3) is 3.19. The lowest BCUT2D eigenvalue weighted by Crippen LogP contribution is -2.43. The number of sulfonamides is 1. The van der Waals surface area contributed by atoms with Gasteiger partial charge in [-0.05, 0) is 37.8 Å². The largest absolute Gasteiger partial charge is 0.437 e. The maximum atomic E-state index is 13.0. The van der Waals surface area contributed by atoms with Crippen molar-refractivity contribution in [2.75, 3.05) is 13.1 Å². The van der Waals surface area contributed by atoms with E-state index in [2.05, 4.69) is 10.2 Å². The van der Waals surface area contributed by atoms with Gasteiger partial charge in [-0.2, -0.15) is 17.5 Å². The Balaban J connectivity index is 1.73. The predicted molar refractivity (Wildman–Crippen MR) is 80.9 cm³/mol. The second kappa shape index (κ2) is 5.80. The number of aryl methyl sites for hydroxylation is 1. The molecule has 0 aliphatic carbocycles. The molecule has 2 heterocycles. The number of piperidine rings is 1. The van der Waals surface area contributed by atoms with Crippen molar-refractivity contribution in [2.45, 2.75) is 42.9 Å². The molecule has 0 aromatic heterocycles. The van der Waals surface area contributed by atoms with E-state index in [1.54, 1.807) is 12.1 Å². The lowest BCUT2D eigenvalue weighted by Gasteiger charge is -2.33. The molecule has 0 N–H and O–H groups in total. The van der Waals surface area contributed by atoms with Crippen LogP contribution in [0.2, 0.25) is 0 Å². The van der Waals surface area contributed by atoms with Crippen LogP contribution in [0, 0.1) is 12.8 Å². The second-order valence-electron chi connectivity index (χ2n) is 6.40. The maximum Gasteiger partial charge on any atom is 0.437 e. The Morgan fingerprint density at radius 1 is 1.25 bits per heavy atom. The zero-order valence-electron chi connectivity index (χ0n) is 13.1. The minimum absolute atomic E-state index is 0.0685. The van der Waals surface area contributed by atoms with Crippen molar-refractivity contribution in [1.29, 1.82) is 0 Å². The summed E-state index contributed by atoms with van der Waals surface area (Å²) < 4.78 is 65.5. The smallest absolute Gasteiger partial charge is 0.207 e. The SMILES string of the molecule is Cc1ccc(S(=O)(=O)N2CCCC(CC3(C(F)(F)F)N=N3)C2)cc1. The van der Waals surface area contributed by atoms with Gasteiger partial charge in [0.05, 0.1) is 4.90 Å². The van der Waals surface area contributed by atoms with Crippen LogP contribution in [0.25, 0.3) is 0 Å². The van der Waals surface area contributed by atoms with Gasteiger partial charge in [-0.25, -0.2) is 8.42 Å². The van der Waals surface area contributed by atoms with Crippen molar-refractivity contribution in [2.24, 2.45) is 16.1 Å². The van der Waals surface area contributed by atoms with Crippen LogP contribution in [0.3, 0.4) is 0 Å². The molecule has 24 heavy (non-hydrogen) atoms. The van der Waals surface area contributed by atoms with Gasteiger partial charge in [-0.3, -0.25) is 0 Å². The van der Waals surface area contributed by atoms with Crippen molar-refractivity contribution in [3.63, 3.8) is 0 Å². The van der Waals surface area contributed by atoms with Crippen LogP contribution in [0.4, 0.5) is 13.2 Å². The van der Waals surface area contributed by atoms with E-state index in [1.807, 2.05) is 6.92 Å². The summed E-state index contributed by atoms with van der Waals surface area (Å²) in [6.07, 6.45) is -3.71. The van der Waals surface area contributed by atoms with Crippen LogP contribution in [0.1, 0.15) is 24.8 Å². The minimum Gasteiger partial charge on any atom is -0.207 e. The first-order valence-corrected chi connectivity index (χ1v) is 9.16. The summed E-state index contributed by atoms with van der Waals surface area (Å²) >= 11 is 0. The molecule has 9 heteroatoms. The topological polar surface area (TPSA) is 62.1 Å². The zero-order valence-corrected chi connectivity index (χ0v) is 13.9. The lowest BCUT2D eigenvalue weighted by molar-refractivity contribution is -0.168. The summed E-state index contributed by atoms with van der Waals surface area (Å²) in [5.41, 5.74) is -1.37. The fourth-order valence-corrected chi connectivity index (χ4v) is 4.60. The molecule has 132 valence electrons. The summed E-state index contributed by atoms with van der Waals surface area (Å²) in [6.45, 7) is 2.24. The summed E-state index contributed by atoms with van der Waals surface area (Å²) in [5, 5.41) is 6.37. The van der Waals surface area contributed by atoms with Gasteiger partial charge >= 0.3 is 6.18 Å². The molecule has 5 nitrogen and oxygen atoms in total. The van der Waals surface area contributed by atoms with Gasteiger partial charge < -0.3 is 0 Å². The summed E-state index contributed by atoms with van der Waals surface area (Å²) in [4.78, 5) is 0.167. The molecule has 0 amide bonds. The molecule has 0 bridgehead atoms. The number of hydrogen-bond donors (Lipinski definition) is 0. The van der Waals surface area contributed by atoms with Crippen LogP contribution in [-0.2, 0) is 10.0 Å². The van der Waals surface area contributed by atoms with E-state index in [4.69, 9.17) is 0 Å². The number of halogens is 3. The molecular formula is C15H18F3N3O2S. The highest BCUT2D eigenvalue weighted by molar-refractivity contribution is 7.89. The van der Waals surface area contributed by atoms with Gasteiger partial charge in [0.1, 0.15) is 0 Å². The van der Waals surface area contributed by atoms with Crippen molar-refractivity contribution in [1.82, 2.24) is 4.31 Å². The van der Waals surface area contributed by atoms with Gasteiger partial charge in [-0.15, -0.1) is 10.2 Å². The molecule has 0 radical (unpaired) electrons. The molecule has 1 fully saturated rings. The lowest BCUT2D eigenvalue weighted by atomic mass is 9.90. The Morgan fingerprint density at radius 2 is 1.88 bits per heavy atom. The van der Waals surface area contributed by atoms with E-state index in [1.165, 1.54) is 16.4 Å². The first-order valence-electron chi connectivity index (χ1n) is 7.72. The molecule has 1 unspecified atom stereocenters. The first-order chi connectivity index (χ1) is 11.1. The third-order valence-corrected chi connectivity index (χ3v) is 6.39. The summed E-state index contributed by atoms with van der Waals surface area (Å²) in [5.74, 6) is -0.407. The molecular weight excluding hydrogens is 343 g/mol. The Bertz CT molecular complexity index is 738. The van der Waals surface area contributed by atoms with Gasteiger partial charge in [0.25, 0.3) is 5.66 Å². The highest BCUT2D eigenvalue weighted by atomic mass is 32.2. The molecule has 3 rings (SSSR count). The van der Waals surface area contributed by atoms with Crippen LogP contribution in [0.5, 0.6) is 0 Å². The monoisotopic (exact) mass is 361 g/mol. The van der Waals surface area contributed by atoms with Crippen LogP contribution in [-0.4, -0.2) is 37.7 Å². The maximum absolute atomic E-state index is 13.0. The molecule has 1 atom stereocenters. The predicted octanol–water partition coefficient (Wildman–Crippen LogP) is 3.51. The molecule has 0 saturated carbocycles. The number of nitrogens with zero attached hydrogens (tertiary/aromatic N) is 3. The van der Waals surface area contributed by atoms with Crippen molar-refractivity contribution in [3.8, 4) is 0 Å². The van der Waals surface area contributed by atoms with Crippen LogP contribution in [0.15, 0.2) is 39.4 Å². The van der Waals surface area contributed by atoms with Crippen molar-refractivity contribution < 1.29 is 21.6 Å². The molecule has 0 spiro atoms. The van der Waals surface area contributed by atoms with E-state index in [0.29, 0.717) is 19.4 Å². The average molecular weight is 361 g/mol. The Hall–Kier alpha value is -1.48. The number of hydrogen-bond acceptors (Lipinski definition) is 4. The molecule has 2 aliphatic heterocycles. The second-order valence-corrected chi connectivity index (χ2v) is 8.34. The average Bonchev–Trinajstić information content (AvgIpc) is 3.28. The third-order valence-electron chi connectivity index (χ3n) is 4.51. The number of benzene rings is 1. The van der Waals surface area contributed by atoms with Crippen LogP contribution < -0.4 is 0 Å². The van der Waals surface area contributed by atoms with Crippen molar-refractivity contribution >= 4 is 10.0 Å². The van der Waals surface area contributed by atoms with E-state index in [0.717, 1.165) is 5.56 Å². The van der Waals surface area contributed by atoms with E-state index in [-0.39, 0.29) is 17.9 Å². The number of alkyl halides is 3. The van der Waals surface area contributed by atoms with E-state index >= 15 is 0 Å². The molecule has 1 aromatic carbocycles. The summed E-state index contributed by atoms with van der Waals surface area (Å²) in [7, 11) is -3.69. The van der Waals surface area contributed by atoms with Gasteiger partial charge in [-0.1, -0.05) is 17.7 Å². The fourth-order valence-electron chi connectivity index (χ4n) is 3.04. The van der Waals surface area contributed by atoms with Gasteiger partial charge in [0.15, 0.2) is 0 Å². The van der Waals surface area contributed by atoms with E-state index in [9.17, 15) is 21.6 Å². The molecule has 1 saturated heterocycles. The first kappa shape index (κ1) is 17.3. The van der Waals surface area contributed by atoms with Crippen LogP contribution >= 0.6 is 0 Å². The highest BCUT2D eigenvalue weighted by Gasteiger charge is 2.64. The Kier molecular flexibility index (Phi) is 4.19. The highest BCUT2D eigenvalue weighted by Crippen LogP contribution is 2.49. The Morgan fingerprint density at radius 3 is 2.42 bits per heavy atom. The standard InChI is InChI=1S/C15H18F3N3O2S/c1-11-4-6-13(7-5-11)24(22,23)21-8-2-3-12(10-21)9-14(19-20-14)15(16,17)18/h4-7,12H,2-3,8-10H2,1H3. The number of rotatable bonds is 4. The van der Waals surface area contributed by atoms with Crippen molar-refractivity contribution in [3.05, 3.63) is 29.8 Å². The summed E-state index contributed by atoms with van der Waals surface area (Å²) in [6, 6.07) is 6.46.